The van der Waals surface area contributed by atoms with Crippen molar-refractivity contribution in [2.45, 2.75) is 39.2 Å². The minimum atomic E-state index is -0.267. The maximum Gasteiger partial charge on any atom is 0.145 e. The fraction of sp³-hybridized carbons (Fsp3) is 0.571. The van der Waals surface area contributed by atoms with Gasteiger partial charge in [0.25, 0.3) is 0 Å². The van der Waals surface area contributed by atoms with Crippen LogP contribution in [0, 0.1) is 21.2 Å². The average Bonchev–Trinajstić information content (AvgIpc) is 2.24. The van der Waals surface area contributed by atoms with Crippen molar-refractivity contribution in [1.82, 2.24) is 0 Å². The number of nitrogen functional groups attached to an aromatic ring is 1. The van der Waals surface area contributed by atoms with E-state index in [1.54, 1.807) is 6.07 Å². The van der Waals surface area contributed by atoms with Crippen molar-refractivity contribution < 1.29 is 9.13 Å². The van der Waals surface area contributed by atoms with Gasteiger partial charge < -0.3 is 10.5 Å². The van der Waals surface area contributed by atoms with Crippen molar-refractivity contribution in [3.63, 3.8) is 0 Å². The van der Waals surface area contributed by atoms with Crippen LogP contribution < -0.4 is 10.5 Å². The SMILES string of the molecule is CC1CC(C)CC(Oc2cc(F)c(I)cc2N)C1. The van der Waals surface area contributed by atoms with E-state index in [1.807, 2.05) is 22.6 Å². The van der Waals surface area contributed by atoms with Gasteiger partial charge in [-0.05, 0) is 59.8 Å². The van der Waals surface area contributed by atoms with Gasteiger partial charge in [-0.1, -0.05) is 13.8 Å². The predicted molar refractivity (Wildman–Crippen MR) is 80.1 cm³/mol. The van der Waals surface area contributed by atoms with Crippen LogP contribution in [0.4, 0.5) is 10.1 Å². The molecular formula is C14H19FINO. The molecule has 1 aromatic carbocycles. The molecule has 0 spiro atoms. The van der Waals surface area contributed by atoms with Crippen LogP contribution in [0.1, 0.15) is 33.1 Å². The van der Waals surface area contributed by atoms with Gasteiger partial charge in [0, 0.05) is 6.07 Å². The molecule has 100 valence electrons. The highest BCUT2D eigenvalue weighted by Gasteiger charge is 2.25. The number of nitrogens with two attached hydrogens (primary N) is 1. The Balaban J connectivity index is 2.11. The normalized spacial score (nSPS) is 28.1. The molecule has 0 aromatic heterocycles. The van der Waals surface area contributed by atoms with Gasteiger partial charge in [0.1, 0.15) is 11.6 Å². The zero-order chi connectivity index (χ0) is 13.3. The molecule has 4 heteroatoms. The molecule has 0 heterocycles. The molecule has 2 rings (SSSR count). The topological polar surface area (TPSA) is 35.2 Å². The van der Waals surface area contributed by atoms with Gasteiger partial charge in [-0.15, -0.1) is 0 Å². The molecule has 2 unspecified atom stereocenters. The standard InChI is InChI=1S/C14H19FINO/c1-8-3-9(2)5-10(4-8)18-14-6-11(15)12(16)7-13(14)17/h6-10H,3-5,17H2,1-2H3. The lowest BCUT2D eigenvalue weighted by Gasteiger charge is -2.32. The monoisotopic (exact) mass is 363 g/mol. The third-order valence-corrected chi connectivity index (χ3v) is 4.31. The first kappa shape index (κ1) is 13.9. The third-order valence-electron chi connectivity index (χ3n) is 3.48. The van der Waals surface area contributed by atoms with Crippen LogP contribution in [-0.2, 0) is 0 Å². The number of rotatable bonds is 2. The second kappa shape index (κ2) is 5.63. The first-order chi connectivity index (χ1) is 8.45. The van der Waals surface area contributed by atoms with E-state index in [1.165, 1.54) is 12.5 Å². The number of ether oxygens (including phenoxy) is 1. The van der Waals surface area contributed by atoms with Crippen LogP contribution in [-0.4, -0.2) is 6.10 Å². The molecule has 2 atom stereocenters. The van der Waals surface area contributed by atoms with Gasteiger partial charge in [0.15, 0.2) is 0 Å². The lowest BCUT2D eigenvalue weighted by molar-refractivity contribution is 0.101. The number of hydrogen-bond acceptors (Lipinski definition) is 2. The maximum atomic E-state index is 13.5. The molecule has 1 fully saturated rings. The largest absolute Gasteiger partial charge is 0.488 e. The predicted octanol–water partition coefficient (Wildman–Crippen LogP) is 4.22. The summed E-state index contributed by atoms with van der Waals surface area (Å²) in [5.74, 6) is 1.54. The molecule has 0 radical (unpaired) electrons. The van der Waals surface area contributed by atoms with Crippen molar-refractivity contribution in [3.8, 4) is 5.75 Å². The van der Waals surface area contributed by atoms with Gasteiger partial charge in [0.05, 0.1) is 15.4 Å². The van der Waals surface area contributed by atoms with E-state index < -0.39 is 0 Å². The van der Waals surface area contributed by atoms with E-state index >= 15 is 0 Å². The minimum Gasteiger partial charge on any atom is -0.488 e. The van der Waals surface area contributed by atoms with Crippen LogP contribution in [0.3, 0.4) is 0 Å². The van der Waals surface area contributed by atoms with Crippen molar-refractivity contribution in [1.29, 1.82) is 0 Å². The Morgan fingerprint density at radius 1 is 1.22 bits per heavy atom. The van der Waals surface area contributed by atoms with E-state index in [-0.39, 0.29) is 11.9 Å². The van der Waals surface area contributed by atoms with E-state index in [4.69, 9.17) is 10.5 Å². The lowest BCUT2D eigenvalue weighted by atomic mass is 9.82. The van der Waals surface area contributed by atoms with Gasteiger partial charge in [-0.25, -0.2) is 4.39 Å². The average molecular weight is 363 g/mol. The molecule has 1 aliphatic carbocycles. The molecule has 1 aromatic rings. The minimum absolute atomic E-state index is 0.158. The second-order valence-corrected chi connectivity index (χ2v) is 6.62. The third kappa shape index (κ3) is 3.28. The Bertz CT molecular complexity index is 428. The van der Waals surface area contributed by atoms with Crippen molar-refractivity contribution in [2.75, 3.05) is 5.73 Å². The van der Waals surface area contributed by atoms with Crippen LogP contribution in [0.2, 0.25) is 0 Å². The Labute approximate surface area is 121 Å². The van der Waals surface area contributed by atoms with Crippen LogP contribution in [0.25, 0.3) is 0 Å². The molecule has 18 heavy (non-hydrogen) atoms. The molecule has 0 bridgehead atoms. The quantitative estimate of drug-likeness (QED) is 0.631. The van der Waals surface area contributed by atoms with E-state index in [9.17, 15) is 4.39 Å². The Morgan fingerprint density at radius 2 is 1.83 bits per heavy atom. The van der Waals surface area contributed by atoms with E-state index in [2.05, 4.69) is 13.8 Å². The summed E-state index contributed by atoms with van der Waals surface area (Å²) in [6, 6.07) is 3.03. The van der Waals surface area contributed by atoms with Crippen LogP contribution in [0.5, 0.6) is 5.75 Å². The smallest absolute Gasteiger partial charge is 0.145 e. The number of halogens is 2. The summed E-state index contributed by atoms with van der Waals surface area (Å²) in [5.41, 5.74) is 6.40. The number of hydrogen-bond donors (Lipinski definition) is 1. The fourth-order valence-electron chi connectivity index (χ4n) is 2.79. The summed E-state index contributed by atoms with van der Waals surface area (Å²) < 4.78 is 19.9. The highest BCUT2D eigenvalue weighted by atomic mass is 127. The Morgan fingerprint density at radius 3 is 2.44 bits per heavy atom. The van der Waals surface area contributed by atoms with Crippen molar-refractivity contribution >= 4 is 28.3 Å². The molecular weight excluding hydrogens is 344 g/mol. The summed E-state index contributed by atoms with van der Waals surface area (Å²) in [5, 5.41) is 0. The molecule has 0 aliphatic heterocycles. The first-order valence-corrected chi connectivity index (χ1v) is 7.44. The van der Waals surface area contributed by atoms with Gasteiger partial charge in [0.2, 0.25) is 0 Å². The molecule has 0 amide bonds. The Kier molecular flexibility index (Phi) is 4.35. The molecule has 0 saturated heterocycles. The highest BCUT2D eigenvalue weighted by molar-refractivity contribution is 14.1. The first-order valence-electron chi connectivity index (χ1n) is 6.37. The lowest BCUT2D eigenvalue weighted by Crippen LogP contribution is -2.28. The maximum absolute atomic E-state index is 13.5. The van der Waals surface area contributed by atoms with Crippen LogP contribution in [0.15, 0.2) is 12.1 Å². The molecule has 1 saturated carbocycles. The summed E-state index contributed by atoms with van der Waals surface area (Å²) in [6.45, 7) is 4.48. The van der Waals surface area contributed by atoms with Crippen LogP contribution >= 0.6 is 22.6 Å². The summed E-state index contributed by atoms with van der Waals surface area (Å²) in [7, 11) is 0. The van der Waals surface area contributed by atoms with Gasteiger partial charge >= 0.3 is 0 Å². The highest BCUT2D eigenvalue weighted by Crippen LogP contribution is 2.34. The van der Waals surface area contributed by atoms with Gasteiger partial charge in [-0.3, -0.25) is 0 Å². The second-order valence-electron chi connectivity index (χ2n) is 5.46. The zero-order valence-electron chi connectivity index (χ0n) is 10.7. The number of anilines is 1. The zero-order valence-corrected chi connectivity index (χ0v) is 12.9. The van der Waals surface area contributed by atoms with Gasteiger partial charge in [-0.2, -0.15) is 0 Å². The van der Waals surface area contributed by atoms with Crippen molar-refractivity contribution in [3.05, 3.63) is 21.5 Å². The fourth-order valence-corrected chi connectivity index (χ4v) is 3.29. The number of benzene rings is 1. The molecule has 2 N–H and O–H groups in total. The summed E-state index contributed by atoms with van der Waals surface area (Å²) >= 11 is 1.93. The summed E-state index contributed by atoms with van der Waals surface area (Å²) in [4.78, 5) is 0. The molecule has 1 aliphatic rings. The molecule has 2 nitrogen and oxygen atoms in total. The Hall–Kier alpha value is -0.520. The van der Waals surface area contributed by atoms with Crippen molar-refractivity contribution in [2.24, 2.45) is 11.8 Å². The van der Waals surface area contributed by atoms with E-state index in [0.29, 0.717) is 26.8 Å². The summed E-state index contributed by atoms with van der Waals surface area (Å²) in [6.07, 6.45) is 3.45. The van der Waals surface area contributed by atoms with E-state index in [0.717, 1.165) is 12.8 Å².